The van der Waals surface area contributed by atoms with E-state index in [0.29, 0.717) is 0 Å². The summed E-state index contributed by atoms with van der Waals surface area (Å²) >= 11 is 0. The third-order valence-corrected chi connectivity index (χ3v) is 3.86. The van der Waals surface area contributed by atoms with Crippen molar-refractivity contribution in [2.24, 2.45) is 5.92 Å². The molecule has 0 aromatic carbocycles. The Morgan fingerprint density at radius 2 is 2.10 bits per heavy atom. The van der Waals surface area contributed by atoms with Gasteiger partial charge in [0.1, 0.15) is 11.3 Å². The van der Waals surface area contributed by atoms with Crippen LogP contribution in [0.3, 0.4) is 0 Å². The number of nitrogens with one attached hydrogen (secondary N) is 2. The molecule has 2 N–H and O–H groups in total. The van der Waals surface area contributed by atoms with Gasteiger partial charge in [-0.2, -0.15) is 0 Å². The number of aryl methyl sites for hydroxylation is 1. The fourth-order valence-corrected chi connectivity index (χ4v) is 2.55. The van der Waals surface area contributed by atoms with E-state index in [2.05, 4.69) is 32.5 Å². The molecule has 1 aliphatic rings. The Labute approximate surface area is 119 Å². The molecule has 2 aromatic heterocycles. The molecule has 0 saturated carbocycles. The molecule has 0 bridgehead atoms. The predicted octanol–water partition coefficient (Wildman–Crippen LogP) is 2.00. The molecule has 3 rings (SSSR count). The summed E-state index contributed by atoms with van der Waals surface area (Å²) < 4.78 is 0. The zero-order chi connectivity index (χ0) is 13.8. The van der Waals surface area contributed by atoms with Crippen LogP contribution >= 0.6 is 0 Å². The Kier molecular flexibility index (Phi) is 4.06. The molecule has 0 radical (unpaired) electrons. The van der Waals surface area contributed by atoms with Gasteiger partial charge >= 0.3 is 0 Å². The second-order valence-electron chi connectivity index (χ2n) is 5.33. The first-order chi connectivity index (χ1) is 9.85. The lowest BCUT2D eigenvalue weighted by atomic mass is 9.98. The molecule has 0 amide bonds. The van der Waals surface area contributed by atoms with Crippen LogP contribution in [0.25, 0.3) is 11.2 Å². The summed E-state index contributed by atoms with van der Waals surface area (Å²) in [5.41, 5.74) is 2.65. The van der Waals surface area contributed by atoms with E-state index in [1.807, 2.05) is 12.1 Å². The molecule has 5 heteroatoms. The van der Waals surface area contributed by atoms with Crippen molar-refractivity contribution in [1.82, 2.24) is 20.3 Å². The predicted molar refractivity (Wildman–Crippen MR) is 80.8 cm³/mol. The van der Waals surface area contributed by atoms with E-state index in [0.717, 1.165) is 54.6 Å². The molecule has 20 heavy (non-hydrogen) atoms. The summed E-state index contributed by atoms with van der Waals surface area (Å²) in [6, 6.07) is 4.00. The normalized spacial score (nSPS) is 16.4. The summed E-state index contributed by atoms with van der Waals surface area (Å²) in [7, 11) is 0. The third-order valence-electron chi connectivity index (χ3n) is 3.86. The van der Waals surface area contributed by atoms with Crippen LogP contribution < -0.4 is 10.6 Å². The molecular weight excluding hydrogens is 250 g/mol. The van der Waals surface area contributed by atoms with Gasteiger partial charge in [-0.05, 0) is 50.4 Å². The van der Waals surface area contributed by atoms with Gasteiger partial charge < -0.3 is 10.6 Å². The van der Waals surface area contributed by atoms with Gasteiger partial charge in [-0.25, -0.2) is 15.0 Å². The summed E-state index contributed by atoms with van der Waals surface area (Å²) in [6.07, 6.45) is 5.18. The molecule has 0 spiro atoms. The first-order valence-electron chi connectivity index (χ1n) is 7.42. The molecule has 106 valence electrons. The van der Waals surface area contributed by atoms with Crippen molar-refractivity contribution in [1.29, 1.82) is 0 Å². The van der Waals surface area contributed by atoms with Crippen LogP contribution in [-0.2, 0) is 6.42 Å². The number of nitrogens with zero attached hydrogens (tertiary/aromatic N) is 3. The minimum atomic E-state index is 0.726. The molecule has 1 saturated heterocycles. The average Bonchev–Trinajstić information content (AvgIpc) is 2.53. The van der Waals surface area contributed by atoms with E-state index in [1.165, 1.54) is 12.8 Å². The fourth-order valence-electron chi connectivity index (χ4n) is 2.55. The number of fused-ring (bicyclic) bond motifs is 1. The first kappa shape index (κ1) is 13.2. The van der Waals surface area contributed by atoms with E-state index in [4.69, 9.17) is 0 Å². The van der Waals surface area contributed by atoms with Crippen molar-refractivity contribution >= 4 is 17.0 Å². The minimum Gasteiger partial charge on any atom is -0.368 e. The molecule has 3 heterocycles. The van der Waals surface area contributed by atoms with Gasteiger partial charge in [-0.1, -0.05) is 6.92 Å². The average molecular weight is 271 g/mol. The van der Waals surface area contributed by atoms with Crippen molar-refractivity contribution in [3.63, 3.8) is 0 Å². The van der Waals surface area contributed by atoms with Gasteiger partial charge in [0.05, 0.1) is 6.20 Å². The zero-order valence-corrected chi connectivity index (χ0v) is 11.9. The van der Waals surface area contributed by atoms with E-state index in [1.54, 1.807) is 6.20 Å². The second kappa shape index (κ2) is 6.13. The van der Waals surface area contributed by atoms with E-state index in [-0.39, 0.29) is 0 Å². The number of aromatic nitrogens is 3. The monoisotopic (exact) mass is 271 g/mol. The molecule has 5 nitrogen and oxygen atoms in total. The lowest BCUT2D eigenvalue weighted by Gasteiger charge is -2.22. The Bertz CT molecular complexity index is 577. The molecular formula is C15H21N5. The lowest BCUT2D eigenvalue weighted by molar-refractivity contribution is 0.389. The van der Waals surface area contributed by atoms with Gasteiger partial charge in [0.25, 0.3) is 0 Å². The van der Waals surface area contributed by atoms with E-state index < -0.39 is 0 Å². The largest absolute Gasteiger partial charge is 0.368 e. The van der Waals surface area contributed by atoms with Crippen LogP contribution in [-0.4, -0.2) is 34.6 Å². The minimum absolute atomic E-state index is 0.726. The first-order valence-corrected chi connectivity index (χ1v) is 7.42. The molecule has 2 aromatic rings. The van der Waals surface area contributed by atoms with Crippen molar-refractivity contribution in [2.45, 2.75) is 26.2 Å². The molecule has 1 aliphatic heterocycles. The maximum absolute atomic E-state index is 4.57. The number of hydrogen-bond donors (Lipinski definition) is 2. The maximum Gasteiger partial charge on any atom is 0.180 e. The van der Waals surface area contributed by atoms with E-state index in [9.17, 15) is 0 Å². The summed E-state index contributed by atoms with van der Waals surface area (Å²) in [6.45, 7) is 5.31. The molecule has 0 unspecified atom stereocenters. The second-order valence-corrected chi connectivity index (χ2v) is 5.33. The highest BCUT2D eigenvalue weighted by Crippen LogP contribution is 2.14. The van der Waals surface area contributed by atoms with Crippen LogP contribution in [0, 0.1) is 5.92 Å². The SMILES string of the molecule is CCc1ccc2ncc(NCC3CCNCC3)nc2n1. The molecule has 0 atom stereocenters. The van der Waals surface area contributed by atoms with Crippen LogP contribution in [0.2, 0.25) is 0 Å². The molecule has 0 aliphatic carbocycles. The Balaban J connectivity index is 1.71. The number of piperidine rings is 1. The fraction of sp³-hybridized carbons (Fsp3) is 0.533. The van der Waals surface area contributed by atoms with Crippen molar-refractivity contribution < 1.29 is 0 Å². The van der Waals surface area contributed by atoms with Crippen LogP contribution in [0.1, 0.15) is 25.5 Å². The van der Waals surface area contributed by atoms with Gasteiger partial charge in [-0.3, -0.25) is 0 Å². The lowest BCUT2D eigenvalue weighted by Crippen LogP contribution is -2.31. The zero-order valence-electron chi connectivity index (χ0n) is 11.9. The standard InChI is InChI=1S/C15H21N5/c1-2-12-3-4-13-15(19-12)20-14(10-17-13)18-9-11-5-7-16-8-6-11/h3-4,10-11,16H,2,5-9H2,1H3,(H,18,19,20). The van der Waals surface area contributed by atoms with Crippen LogP contribution in [0.15, 0.2) is 18.3 Å². The number of hydrogen-bond acceptors (Lipinski definition) is 5. The third kappa shape index (κ3) is 3.04. The topological polar surface area (TPSA) is 62.7 Å². The number of pyridine rings is 1. The Morgan fingerprint density at radius 3 is 2.90 bits per heavy atom. The molecule has 1 fully saturated rings. The Morgan fingerprint density at radius 1 is 1.25 bits per heavy atom. The summed E-state index contributed by atoms with van der Waals surface area (Å²) in [5.74, 6) is 1.56. The van der Waals surface area contributed by atoms with E-state index >= 15 is 0 Å². The van der Waals surface area contributed by atoms with Gasteiger partial charge in [0, 0.05) is 12.2 Å². The quantitative estimate of drug-likeness (QED) is 0.890. The van der Waals surface area contributed by atoms with Gasteiger partial charge in [0.15, 0.2) is 5.65 Å². The Hall–Kier alpha value is -1.75. The summed E-state index contributed by atoms with van der Waals surface area (Å²) in [5, 5.41) is 6.79. The van der Waals surface area contributed by atoms with Crippen LogP contribution in [0.5, 0.6) is 0 Å². The highest BCUT2D eigenvalue weighted by Gasteiger charge is 2.12. The number of rotatable bonds is 4. The van der Waals surface area contributed by atoms with Crippen molar-refractivity contribution in [2.75, 3.05) is 25.0 Å². The highest BCUT2D eigenvalue weighted by atomic mass is 15.0. The van der Waals surface area contributed by atoms with Gasteiger partial charge in [0.2, 0.25) is 0 Å². The highest BCUT2D eigenvalue weighted by molar-refractivity contribution is 5.71. The smallest absolute Gasteiger partial charge is 0.180 e. The van der Waals surface area contributed by atoms with Gasteiger partial charge in [-0.15, -0.1) is 0 Å². The maximum atomic E-state index is 4.57. The van der Waals surface area contributed by atoms with Crippen LogP contribution in [0.4, 0.5) is 5.82 Å². The van der Waals surface area contributed by atoms with Crippen molar-refractivity contribution in [3.8, 4) is 0 Å². The van der Waals surface area contributed by atoms with Crippen molar-refractivity contribution in [3.05, 3.63) is 24.0 Å². The summed E-state index contributed by atoms with van der Waals surface area (Å²) in [4.78, 5) is 13.5. The number of anilines is 1.